The zero-order valence-corrected chi connectivity index (χ0v) is 15.9. The number of aliphatic carboxylic acids is 1. The third kappa shape index (κ3) is 4.89. The minimum absolute atomic E-state index is 0.105. The molecule has 6 nitrogen and oxygen atoms in total. The largest absolute Gasteiger partial charge is 0.573 e. The molecule has 0 aliphatic rings. The van der Waals surface area contributed by atoms with E-state index in [4.69, 9.17) is 9.84 Å². The van der Waals surface area contributed by atoms with Crippen LogP contribution < -0.4 is 9.47 Å². The highest BCUT2D eigenvalue weighted by Gasteiger charge is 2.31. The summed E-state index contributed by atoms with van der Waals surface area (Å²) in [6.45, 7) is 0. The Labute approximate surface area is 166 Å². The van der Waals surface area contributed by atoms with Crippen LogP contribution in [0.5, 0.6) is 11.5 Å². The van der Waals surface area contributed by atoms with Gasteiger partial charge in [0, 0.05) is 18.0 Å². The van der Waals surface area contributed by atoms with Crippen molar-refractivity contribution in [1.29, 1.82) is 0 Å². The summed E-state index contributed by atoms with van der Waals surface area (Å²) in [6, 6.07) is 9.82. The van der Waals surface area contributed by atoms with Gasteiger partial charge in [0.1, 0.15) is 11.5 Å². The molecule has 0 saturated heterocycles. The topological polar surface area (TPSA) is 77.8 Å². The highest BCUT2D eigenvalue weighted by Crippen LogP contribution is 2.30. The average Bonchev–Trinajstić information content (AvgIpc) is 3.03. The summed E-state index contributed by atoms with van der Waals surface area (Å²) >= 11 is 0. The maximum absolute atomic E-state index is 13.0. The number of aromatic nitrogens is 1. The van der Waals surface area contributed by atoms with E-state index in [1.165, 1.54) is 23.2 Å². The number of halogens is 3. The molecule has 1 N–H and O–H groups in total. The van der Waals surface area contributed by atoms with E-state index < -0.39 is 29.1 Å². The predicted molar refractivity (Wildman–Crippen MR) is 99.4 cm³/mol. The normalized spacial score (nSPS) is 12.7. The van der Waals surface area contributed by atoms with Gasteiger partial charge in [0.25, 0.3) is 0 Å². The molecule has 154 valence electrons. The Bertz CT molecular complexity index is 1060. The number of benzene rings is 2. The predicted octanol–water partition coefficient (Wildman–Crippen LogP) is 4.14. The molecule has 0 aliphatic carbocycles. The van der Waals surface area contributed by atoms with E-state index in [1.807, 2.05) is 0 Å². The van der Waals surface area contributed by atoms with Crippen LogP contribution in [-0.4, -0.2) is 32.7 Å². The van der Waals surface area contributed by atoms with Gasteiger partial charge in [-0.25, -0.2) is 4.21 Å². The average molecular weight is 427 g/mol. The first-order valence-electron chi connectivity index (χ1n) is 8.36. The number of rotatable bonds is 7. The Morgan fingerprint density at radius 1 is 1.14 bits per heavy atom. The molecule has 3 rings (SSSR count). The van der Waals surface area contributed by atoms with Gasteiger partial charge in [-0.3, -0.25) is 8.77 Å². The fraction of sp³-hybridized carbons (Fsp3) is 0.211. The van der Waals surface area contributed by atoms with Crippen molar-refractivity contribution in [1.82, 2.24) is 3.97 Å². The zero-order valence-electron chi connectivity index (χ0n) is 15.1. The van der Waals surface area contributed by atoms with Gasteiger partial charge < -0.3 is 14.6 Å². The van der Waals surface area contributed by atoms with Crippen LogP contribution in [0, 0.1) is 0 Å². The Morgan fingerprint density at radius 2 is 1.79 bits per heavy atom. The molecule has 1 unspecified atom stereocenters. The van der Waals surface area contributed by atoms with Crippen molar-refractivity contribution in [3.05, 3.63) is 54.2 Å². The van der Waals surface area contributed by atoms with Crippen molar-refractivity contribution in [2.24, 2.45) is 0 Å². The van der Waals surface area contributed by atoms with Gasteiger partial charge in [0.15, 0.2) is 11.0 Å². The molecule has 1 aromatic heterocycles. The van der Waals surface area contributed by atoms with Gasteiger partial charge in [0.2, 0.25) is 0 Å². The van der Waals surface area contributed by atoms with E-state index in [0.717, 1.165) is 12.1 Å². The second-order valence-corrected chi connectivity index (χ2v) is 7.39. The second kappa shape index (κ2) is 8.16. The van der Waals surface area contributed by atoms with Gasteiger partial charge >= 0.3 is 12.3 Å². The monoisotopic (exact) mass is 427 g/mol. The van der Waals surface area contributed by atoms with Gasteiger partial charge in [-0.1, -0.05) is 0 Å². The van der Waals surface area contributed by atoms with E-state index in [0.29, 0.717) is 22.2 Å². The first-order valence-corrected chi connectivity index (χ1v) is 9.46. The number of carboxylic acids is 1. The first-order chi connectivity index (χ1) is 13.7. The van der Waals surface area contributed by atoms with Crippen molar-refractivity contribution in [3.8, 4) is 11.5 Å². The van der Waals surface area contributed by atoms with Gasteiger partial charge in [-0.15, -0.1) is 13.2 Å². The van der Waals surface area contributed by atoms with Crippen LogP contribution in [0.25, 0.3) is 10.9 Å². The number of hydrogen-bond donors (Lipinski definition) is 1. The van der Waals surface area contributed by atoms with E-state index in [-0.39, 0.29) is 17.7 Å². The molecule has 0 amide bonds. The molecule has 1 heterocycles. The third-order valence-electron chi connectivity index (χ3n) is 4.11. The zero-order chi connectivity index (χ0) is 21.2. The van der Waals surface area contributed by atoms with E-state index in [1.54, 1.807) is 24.4 Å². The van der Waals surface area contributed by atoms with E-state index >= 15 is 0 Å². The summed E-state index contributed by atoms with van der Waals surface area (Å²) in [7, 11) is -0.265. The lowest BCUT2D eigenvalue weighted by Crippen LogP contribution is -2.17. The Hall–Kier alpha value is -3.01. The van der Waals surface area contributed by atoms with E-state index in [9.17, 15) is 22.2 Å². The summed E-state index contributed by atoms with van der Waals surface area (Å²) in [5.41, 5.74) is 1.26. The molecular formula is C19H16F3NO5S. The summed E-state index contributed by atoms with van der Waals surface area (Å²) in [6.07, 6.45) is -3.10. The maximum atomic E-state index is 13.0. The molecule has 0 aliphatic heterocycles. The molecule has 2 aromatic carbocycles. The maximum Gasteiger partial charge on any atom is 0.573 e. The SMILES string of the molecule is COc1ccc2c(c1)c(CCC(=O)O)cn2S(=O)c1ccc(OC(F)(F)F)cc1. The molecule has 0 spiro atoms. The molecule has 29 heavy (non-hydrogen) atoms. The lowest BCUT2D eigenvalue weighted by atomic mass is 10.1. The number of carbonyl (C=O) groups is 1. The Morgan fingerprint density at radius 3 is 2.38 bits per heavy atom. The number of ether oxygens (including phenoxy) is 2. The van der Waals surface area contributed by atoms with Crippen LogP contribution in [0.1, 0.15) is 12.0 Å². The minimum Gasteiger partial charge on any atom is -0.497 e. The molecule has 10 heteroatoms. The van der Waals surface area contributed by atoms with Crippen LogP contribution in [0.15, 0.2) is 53.6 Å². The molecule has 0 bridgehead atoms. The van der Waals surface area contributed by atoms with Crippen LogP contribution in [-0.2, 0) is 22.2 Å². The first kappa shape index (κ1) is 20.7. The summed E-state index contributed by atoms with van der Waals surface area (Å²) in [5.74, 6) is -0.816. The molecule has 3 aromatic rings. The van der Waals surface area contributed by atoms with E-state index in [2.05, 4.69) is 4.74 Å². The Kier molecular flexibility index (Phi) is 5.83. The van der Waals surface area contributed by atoms with Crippen molar-refractivity contribution >= 4 is 27.9 Å². The highest BCUT2D eigenvalue weighted by atomic mass is 32.2. The third-order valence-corrected chi connectivity index (χ3v) is 5.44. The van der Waals surface area contributed by atoms with Crippen LogP contribution in [0.4, 0.5) is 13.2 Å². The van der Waals surface area contributed by atoms with Crippen LogP contribution in [0.2, 0.25) is 0 Å². The van der Waals surface area contributed by atoms with Gasteiger partial charge in [0.05, 0.1) is 17.5 Å². The van der Waals surface area contributed by atoms with Crippen molar-refractivity contribution in [2.45, 2.75) is 24.1 Å². The minimum atomic E-state index is -4.81. The molecule has 0 fully saturated rings. The molecule has 1 atom stereocenters. The molecule has 0 saturated carbocycles. The number of carboxylic acid groups (broad SMARTS) is 1. The van der Waals surface area contributed by atoms with Gasteiger partial charge in [-0.2, -0.15) is 0 Å². The van der Waals surface area contributed by atoms with Crippen molar-refractivity contribution in [3.63, 3.8) is 0 Å². The number of aryl methyl sites for hydroxylation is 1. The van der Waals surface area contributed by atoms with Gasteiger partial charge in [-0.05, 0) is 54.4 Å². The standard InChI is InChI=1S/C19H16F3NO5S/c1-27-14-5-8-17-16(10-14)12(2-9-18(24)25)11-23(17)29(26)15-6-3-13(4-7-15)28-19(20,21)22/h3-8,10-11H,2,9H2,1H3,(H,24,25). The molecule has 0 radical (unpaired) electrons. The Balaban J connectivity index is 1.97. The smallest absolute Gasteiger partial charge is 0.497 e. The number of hydrogen-bond acceptors (Lipinski definition) is 4. The second-order valence-electron chi connectivity index (χ2n) is 6.03. The summed E-state index contributed by atoms with van der Waals surface area (Å²) < 4.78 is 60.4. The lowest BCUT2D eigenvalue weighted by molar-refractivity contribution is -0.274. The number of methoxy groups -OCH3 is 1. The summed E-state index contributed by atoms with van der Waals surface area (Å²) in [5, 5.41) is 9.66. The quantitative estimate of drug-likeness (QED) is 0.613. The fourth-order valence-electron chi connectivity index (χ4n) is 2.82. The number of fused-ring (bicyclic) bond motifs is 1. The van der Waals surface area contributed by atoms with Crippen molar-refractivity contribution in [2.75, 3.05) is 7.11 Å². The van der Waals surface area contributed by atoms with Crippen molar-refractivity contribution < 1.29 is 36.8 Å². The lowest BCUT2D eigenvalue weighted by Gasteiger charge is -2.10. The molecular weight excluding hydrogens is 411 g/mol. The number of nitrogens with zero attached hydrogens (tertiary/aromatic N) is 1. The summed E-state index contributed by atoms with van der Waals surface area (Å²) in [4.78, 5) is 11.2. The van der Waals surface area contributed by atoms with Crippen LogP contribution in [0.3, 0.4) is 0 Å². The number of alkyl halides is 3. The fourth-order valence-corrected chi connectivity index (χ4v) is 3.98. The highest BCUT2D eigenvalue weighted by molar-refractivity contribution is 7.83. The van der Waals surface area contributed by atoms with Crippen LogP contribution >= 0.6 is 0 Å².